The number of phenols is 1. The van der Waals surface area contributed by atoms with Crippen molar-refractivity contribution in [2.24, 2.45) is 29.4 Å². The van der Waals surface area contributed by atoms with E-state index in [-0.39, 0.29) is 36.6 Å². The molecule has 0 aromatic heterocycles. The summed E-state index contributed by atoms with van der Waals surface area (Å²) in [5, 5.41) is 24.6. The second-order valence-electron chi connectivity index (χ2n) is 9.80. The molecule has 2 unspecified atom stereocenters. The fraction of sp³-hybridized carbons (Fsp3) is 0.500. The molecule has 6 atom stereocenters. The van der Waals surface area contributed by atoms with Gasteiger partial charge in [0.25, 0.3) is 0 Å². The first-order valence-electron chi connectivity index (χ1n) is 11.2. The third-order valence-corrected chi connectivity index (χ3v) is 7.57. The molecule has 1 aromatic rings. The summed E-state index contributed by atoms with van der Waals surface area (Å²) >= 11 is 0. The van der Waals surface area contributed by atoms with Crippen LogP contribution < -0.4 is 11.1 Å². The number of nitrogens with one attached hydrogen (secondary N) is 1. The van der Waals surface area contributed by atoms with Crippen molar-refractivity contribution in [3.63, 3.8) is 0 Å². The van der Waals surface area contributed by atoms with Crippen molar-refractivity contribution in [1.29, 1.82) is 0 Å². The molecule has 11 nitrogen and oxygen atoms in total. The molecule has 0 saturated heterocycles. The van der Waals surface area contributed by atoms with Crippen molar-refractivity contribution in [1.82, 2.24) is 10.2 Å². The number of ketones is 4. The molecular formula is C24H27N3O8. The Kier molecular flexibility index (Phi) is 5.89. The standard InChI is InChI=1S/C24H27N3O8/c1-9(28)26-8-10-4-5-14(29)16-12(10)6-11-7-13-18(27(2)3)20(31)17(23(25)34)22(33)24(13,35)21(32)15(11)19(16)30/h4-5,11,13,15,17-18,29,35H,6-8H2,1-3H3,(H2,25,34)(H,26,28)/t11-,13-,15?,17?,18-,24-/m1/s1. The van der Waals surface area contributed by atoms with Gasteiger partial charge in [-0.25, -0.2) is 0 Å². The van der Waals surface area contributed by atoms with Crippen molar-refractivity contribution in [3.8, 4) is 5.75 Å². The molecule has 0 spiro atoms. The zero-order valence-electron chi connectivity index (χ0n) is 19.5. The lowest BCUT2D eigenvalue weighted by atomic mass is 9.52. The van der Waals surface area contributed by atoms with E-state index in [0.717, 1.165) is 0 Å². The van der Waals surface area contributed by atoms with E-state index in [1.165, 1.54) is 32.0 Å². The number of hydrogen-bond donors (Lipinski definition) is 4. The Morgan fingerprint density at radius 1 is 1.17 bits per heavy atom. The van der Waals surface area contributed by atoms with Crippen LogP contribution in [0.4, 0.5) is 0 Å². The SMILES string of the molecule is CC(=O)NCc1ccc(O)c2c1C[C@@H]1C[C@@H]3[C@@H](N(C)C)C(=O)C(C(N)=O)C(=O)[C@]3(O)C(=O)C1C2=O. The van der Waals surface area contributed by atoms with Crippen LogP contribution in [0.2, 0.25) is 0 Å². The molecule has 2 fully saturated rings. The van der Waals surface area contributed by atoms with Crippen molar-refractivity contribution < 1.29 is 39.0 Å². The Morgan fingerprint density at radius 3 is 2.40 bits per heavy atom. The summed E-state index contributed by atoms with van der Waals surface area (Å²) in [7, 11) is 3.05. The van der Waals surface area contributed by atoms with Crippen molar-refractivity contribution in [3.05, 3.63) is 28.8 Å². The normalized spacial score (nSPS) is 32.1. The summed E-state index contributed by atoms with van der Waals surface area (Å²) in [5.74, 6) is -11.2. The van der Waals surface area contributed by atoms with Gasteiger partial charge in [-0.2, -0.15) is 0 Å². The fourth-order valence-electron chi connectivity index (χ4n) is 6.05. The Labute approximate surface area is 200 Å². The number of hydrogen-bond acceptors (Lipinski definition) is 9. The summed E-state index contributed by atoms with van der Waals surface area (Å²) in [4.78, 5) is 78.3. The molecule has 0 heterocycles. The molecule has 35 heavy (non-hydrogen) atoms. The van der Waals surface area contributed by atoms with Crippen LogP contribution >= 0.6 is 0 Å². The van der Waals surface area contributed by atoms with Crippen LogP contribution in [0.15, 0.2) is 12.1 Å². The molecule has 11 heteroatoms. The van der Waals surface area contributed by atoms with Gasteiger partial charge in [0, 0.05) is 19.4 Å². The molecule has 1 aromatic carbocycles. The molecule has 0 bridgehead atoms. The van der Waals surface area contributed by atoms with Gasteiger partial charge in [0.15, 0.2) is 34.7 Å². The molecule has 3 aliphatic rings. The number of fused-ring (bicyclic) bond motifs is 3. The maximum atomic E-state index is 13.7. The Morgan fingerprint density at radius 2 is 1.83 bits per heavy atom. The second kappa shape index (κ2) is 8.35. The Bertz CT molecular complexity index is 1190. The van der Waals surface area contributed by atoms with Gasteiger partial charge in [-0.3, -0.25) is 33.7 Å². The number of carbonyl (C=O) groups is 6. The smallest absolute Gasteiger partial charge is 0.235 e. The van der Waals surface area contributed by atoms with E-state index >= 15 is 0 Å². The van der Waals surface area contributed by atoms with E-state index in [1.807, 2.05) is 0 Å². The maximum Gasteiger partial charge on any atom is 0.235 e. The molecule has 2 amide bonds. The van der Waals surface area contributed by atoms with Crippen LogP contribution in [0.5, 0.6) is 5.75 Å². The van der Waals surface area contributed by atoms with Gasteiger partial charge in [0.2, 0.25) is 11.8 Å². The third kappa shape index (κ3) is 3.49. The Balaban J connectivity index is 1.84. The first-order valence-corrected chi connectivity index (χ1v) is 11.2. The van der Waals surface area contributed by atoms with Crippen LogP contribution in [-0.4, -0.2) is 75.8 Å². The molecule has 5 N–H and O–H groups in total. The largest absolute Gasteiger partial charge is 0.507 e. The zero-order valence-corrected chi connectivity index (χ0v) is 19.5. The van der Waals surface area contributed by atoms with Crippen molar-refractivity contribution >= 4 is 34.9 Å². The minimum Gasteiger partial charge on any atom is -0.507 e. The van der Waals surface area contributed by atoms with E-state index in [4.69, 9.17) is 5.73 Å². The molecular weight excluding hydrogens is 458 g/mol. The number of amides is 2. The van der Waals surface area contributed by atoms with Crippen LogP contribution in [0.1, 0.15) is 34.8 Å². The fourth-order valence-corrected chi connectivity index (χ4v) is 6.05. The van der Waals surface area contributed by atoms with Crippen LogP contribution in [0.3, 0.4) is 0 Å². The highest BCUT2D eigenvalue weighted by molar-refractivity contribution is 6.32. The highest BCUT2D eigenvalue weighted by Gasteiger charge is 2.69. The second-order valence-corrected chi connectivity index (χ2v) is 9.80. The number of likely N-dealkylation sites (N-methyl/N-ethyl adjacent to an activating group) is 1. The lowest BCUT2D eigenvalue weighted by Gasteiger charge is -2.52. The summed E-state index contributed by atoms with van der Waals surface area (Å²) in [6.45, 7) is 1.44. The average Bonchev–Trinajstić information content (AvgIpc) is 2.75. The topological polar surface area (TPSA) is 184 Å². The van der Waals surface area contributed by atoms with Gasteiger partial charge in [-0.1, -0.05) is 6.07 Å². The third-order valence-electron chi connectivity index (χ3n) is 7.57. The van der Waals surface area contributed by atoms with Crippen LogP contribution in [0, 0.1) is 23.7 Å². The molecule has 0 aliphatic heterocycles. The van der Waals surface area contributed by atoms with Crippen molar-refractivity contribution in [2.45, 2.75) is 38.0 Å². The molecule has 0 radical (unpaired) electrons. The molecule has 2 saturated carbocycles. The van der Waals surface area contributed by atoms with E-state index in [0.29, 0.717) is 11.1 Å². The van der Waals surface area contributed by atoms with Crippen LogP contribution in [0.25, 0.3) is 0 Å². The first-order chi connectivity index (χ1) is 16.3. The predicted octanol–water partition coefficient (Wildman–Crippen LogP) is -1.50. The number of rotatable bonds is 4. The monoisotopic (exact) mass is 485 g/mol. The van der Waals surface area contributed by atoms with Gasteiger partial charge in [-0.15, -0.1) is 0 Å². The minimum absolute atomic E-state index is 0.0286. The van der Waals surface area contributed by atoms with E-state index < -0.39 is 64.4 Å². The zero-order chi connectivity index (χ0) is 26.0. The molecule has 186 valence electrons. The highest BCUT2D eigenvalue weighted by Crippen LogP contribution is 2.50. The number of aliphatic hydroxyl groups is 1. The average molecular weight is 485 g/mol. The number of Topliss-reactive ketones (excluding diaryl/α,β-unsaturated/α-hetero) is 4. The number of nitrogens with two attached hydrogens (primary N) is 1. The lowest BCUT2D eigenvalue weighted by molar-refractivity contribution is -0.181. The Hall–Kier alpha value is -3.44. The maximum absolute atomic E-state index is 13.7. The molecule has 3 aliphatic carbocycles. The van der Waals surface area contributed by atoms with Gasteiger partial charge in [0.05, 0.1) is 17.5 Å². The van der Waals surface area contributed by atoms with E-state index in [9.17, 15) is 39.0 Å². The van der Waals surface area contributed by atoms with E-state index in [1.54, 1.807) is 6.07 Å². The van der Waals surface area contributed by atoms with Crippen molar-refractivity contribution in [2.75, 3.05) is 14.1 Å². The summed E-state index contributed by atoms with van der Waals surface area (Å²) in [6, 6.07) is 1.71. The number of primary amides is 1. The van der Waals surface area contributed by atoms with Gasteiger partial charge in [0.1, 0.15) is 5.75 Å². The minimum atomic E-state index is -2.75. The lowest BCUT2D eigenvalue weighted by Crippen LogP contribution is -2.74. The quantitative estimate of drug-likeness (QED) is 0.369. The number of nitrogens with zero attached hydrogens (tertiary/aromatic N) is 1. The highest BCUT2D eigenvalue weighted by atomic mass is 16.3. The van der Waals surface area contributed by atoms with Gasteiger partial charge in [-0.05, 0) is 50.0 Å². The summed E-state index contributed by atoms with van der Waals surface area (Å²) in [6.07, 6.45) is 0.119. The van der Waals surface area contributed by atoms with Gasteiger partial charge < -0.3 is 21.3 Å². The van der Waals surface area contributed by atoms with Crippen LogP contribution in [-0.2, 0) is 36.9 Å². The number of phenolic OH excluding ortho intramolecular Hbond substituents is 1. The number of aromatic hydroxyl groups is 1. The summed E-state index contributed by atoms with van der Waals surface area (Å²) < 4.78 is 0. The number of benzene rings is 1. The molecule has 4 rings (SSSR count). The van der Waals surface area contributed by atoms with E-state index in [2.05, 4.69) is 5.32 Å². The predicted molar refractivity (Wildman–Crippen MR) is 119 cm³/mol. The first kappa shape index (κ1) is 24.7. The summed E-state index contributed by atoms with van der Waals surface area (Å²) in [5.41, 5.74) is 3.50. The number of carbonyl (C=O) groups excluding carboxylic acids is 6. The van der Waals surface area contributed by atoms with Gasteiger partial charge >= 0.3 is 0 Å².